The predicted octanol–water partition coefficient (Wildman–Crippen LogP) is 6.38. The normalized spacial score (nSPS) is 8.95. The Morgan fingerprint density at radius 3 is 1.85 bits per heavy atom. The van der Waals surface area contributed by atoms with Crippen LogP contribution in [0.3, 0.4) is 0 Å². The fourth-order valence-corrected chi connectivity index (χ4v) is 1.46. The van der Waals surface area contributed by atoms with Crippen molar-refractivity contribution in [3.63, 3.8) is 0 Å². The molecule has 0 aromatic heterocycles. The highest BCUT2D eigenvalue weighted by Crippen LogP contribution is 2.24. The van der Waals surface area contributed by atoms with Gasteiger partial charge in [-0.1, -0.05) is 76.1 Å². The minimum absolute atomic E-state index is 0.301. The van der Waals surface area contributed by atoms with Gasteiger partial charge in [-0.3, -0.25) is 0 Å². The first kappa shape index (κ1) is 18.3. The van der Waals surface area contributed by atoms with Crippen LogP contribution in [-0.4, -0.2) is 0 Å². The number of aryl methyl sites for hydroxylation is 1. The van der Waals surface area contributed by atoms with Crippen LogP contribution in [0.5, 0.6) is 0 Å². The zero-order valence-corrected chi connectivity index (χ0v) is 13.0. The standard InChI is InChI=1S/C13H10F2.C3H8.C2H6/c1-9-5-7-10(8-6-9)11-3-2-4-12(14)13(11)15;1-3-2;1-2/h2-8H,1H3;3H2,1-2H3;1-2H3. The van der Waals surface area contributed by atoms with Gasteiger partial charge in [0.05, 0.1) is 0 Å². The van der Waals surface area contributed by atoms with Crippen molar-refractivity contribution in [1.29, 1.82) is 0 Å². The van der Waals surface area contributed by atoms with E-state index < -0.39 is 11.6 Å². The molecule has 0 atom stereocenters. The molecule has 2 rings (SSSR count). The first-order valence-electron chi connectivity index (χ1n) is 7.11. The second kappa shape index (κ2) is 10.1. The van der Waals surface area contributed by atoms with Gasteiger partial charge in [0.2, 0.25) is 0 Å². The van der Waals surface area contributed by atoms with Gasteiger partial charge in [0, 0.05) is 5.56 Å². The van der Waals surface area contributed by atoms with Gasteiger partial charge in [-0.05, 0) is 18.6 Å². The summed E-state index contributed by atoms with van der Waals surface area (Å²) < 4.78 is 26.4. The minimum atomic E-state index is -0.812. The Hall–Kier alpha value is -1.70. The van der Waals surface area contributed by atoms with Crippen molar-refractivity contribution in [2.45, 2.75) is 41.0 Å². The Labute approximate surface area is 121 Å². The van der Waals surface area contributed by atoms with Crippen molar-refractivity contribution < 1.29 is 8.78 Å². The number of rotatable bonds is 1. The molecule has 0 aliphatic heterocycles. The zero-order chi connectivity index (χ0) is 15.5. The molecule has 20 heavy (non-hydrogen) atoms. The molecule has 2 heteroatoms. The summed E-state index contributed by atoms with van der Waals surface area (Å²) in [5.74, 6) is -1.60. The van der Waals surface area contributed by atoms with E-state index in [4.69, 9.17) is 0 Å². The van der Waals surface area contributed by atoms with Crippen LogP contribution in [0.4, 0.5) is 8.78 Å². The number of benzene rings is 2. The summed E-state index contributed by atoms with van der Waals surface area (Å²) in [6, 6.07) is 11.5. The lowest BCUT2D eigenvalue weighted by Gasteiger charge is -2.04. The molecule has 0 heterocycles. The van der Waals surface area contributed by atoms with Crippen LogP contribution in [0.25, 0.3) is 11.1 Å². The molecule has 0 aliphatic rings. The summed E-state index contributed by atoms with van der Waals surface area (Å²) in [5.41, 5.74) is 2.09. The van der Waals surface area contributed by atoms with Crippen molar-refractivity contribution in [1.82, 2.24) is 0 Å². The molecule has 2 aromatic rings. The first-order chi connectivity index (χ1) is 9.60. The third-order valence-corrected chi connectivity index (χ3v) is 2.31. The Kier molecular flexibility index (Phi) is 9.27. The highest BCUT2D eigenvalue weighted by molar-refractivity contribution is 5.64. The molecular weight excluding hydrogens is 254 g/mol. The molecule has 0 amide bonds. The van der Waals surface area contributed by atoms with Gasteiger partial charge in [0.15, 0.2) is 11.6 Å². The summed E-state index contributed by atoms with van der Waals surface area (Å²) in [5, 5.41) is 0. The van der Waals surface area contributed by atoms with E-state index in [1.165, 1.54) is 12.5 Å². The molecule has 0 aliphatic carbocycles. The van der Waals surface area contributed by atoms with Crippen molar-refractivity contribution in [2.75, 3.05) is 0 Å². The number of hydrogen-bond acceptors (Lipinski definition) is 0. The van der Waals surface area contributed by atoms with Crippen LogP contribution in [0, 0.1) is 18.6 Å². The topological polar surface area (TPSA) is 0 Å². The fourth-order valence-electron chi connectivity index (χ4n) is 1.46. The maximum atomic E-state index is 13.4. The van der Waals surface area contributed by atoms with Crippen LogP contribution >= 0.6 is 0 Å². The van der Waals surface area contributed by atoms with Crippen LogP contribution < -0.4 is 0 Å². The quantitative estimate of drug-likeness (QED) is 0.567. The molecule has 0 radical (unpaired) electrons. The Morgan fingerprint density at radius 1 is 0.850 bits per heavy atom. The smallest absolute Gasteiger partial charge is 0.166 e. The summed E-state index contributed by atoms with van der Waals surface area (Å²) in [4.78, 5) is 0. The largest absolute Gasteiger partial charge is 0.204 e. The molecular formula is C18H24F2. The molecule has 2 aromatic carbocycles. The monoisotopic (exact) mass is 278 g/mol. The number of hydrogen-bond donors (Lipinski definition) is 0. The lowest BCUT2D eigenvalue weighted by atomic mass is 10.0. The summed E-state index contributed by atoms with van der Waals surface area (Å²) >= 11 is 0. The molecule has 0 saturated heterocycles. The Morgan fingerprint density at radius 2 is 1.35 bits per heavy atom. The average molecular weight is 278 g/mol. The maximum absolute atomic E-state index is 13.4. The fraction of sp³-hybridized carbons (Fsp3) is 0.333. The lowest BCUT2D eigenvalue weighted by Crippen LogP contribution is -1.88. The minimum Gasteiger partial charge on any atom is -0.204 e. The van der Waals surface area contributed by atoms with Gasteiger partial charge in [0.25, 0.3) is 0 Å². The molecule has 0 N–H and O–H groups in total. The summed E-state index contributed by atoms with van der Waals surface area (Å²) in [6.07, 6.45) is 1.25. The van der Waals surface area contributed by atoms with E-state index in [9.17, 15) is 8.78 Å². The van der Waals surface area contributed by atoms with Gasteiger partial charge < -0.3 is 0 Å². The third kappa shape index (κ3) is 5.52. The van der Waals surface area contributed by atoms with E-state index in [2.05, 4.69) is 13.8 Å². The van der Waals surface area contributed by atoms with E-state index in [1.807, 2.05) is 32.9 Å². The van der Waals surface area contributed by atoms with E-state index in [1.54, 1.807) is 18.2 Å². The van der Waals surface area contributed by atoms with Gasteiger partial charge >= 0.3 is 0 Å². The molecule has 0 saturated carbocycles. The highest BCUT2D eigenvalue weighted by atomic mass is 19.2. The third-order valence-electron chi connectivity index (χ3n) is 2.31. The van der Waals surface area contributed by atoms with E-state index >= 15 is 0 Å². The van der Waals surface area contributed by atoms with Gasteiger partial charge in [-0.15, -0.1) is 0 Å². The lowest BCUT2D eigenvalue weighted by molar-refractivity contribution is 0.511. The molecule has 0 fully saturated rings. The van der Waals surface area contributed by atoms with Crippen LogP contribution in [0.2, 0.25) is 0 Å². The van der Waals surface area contributed by atoms with Gasteiger partial charge in [0.1, 0.15) is 0 Å². The molecule has 110 valence electrons. The first-order valence-corrected chi connectivity index (χ1v) is 7.11. The van der Waals surface area contributed by atoms with Gasteiger partial charge in [-0.25, -0.2) is 8.78 Å². The zero-order valence-electron chi connectivity index (χ0n) is 13.0. The van der Waals surface area contributed by atoms with Gasteiger partial charge in [-0.2, -0.15) is 0 Å². The Balaban J connectivity index is 0.000000641. The summed E-state index contributed by atoms with van der Waals surface area (Å²) in [7, 11) is 0. The number of halogens is 2. The molecule has 0 bridgehead atoms. The van der Waals surface area contributed by atoms with Crippen molar-refractivity contribution in [2.24, 2.45) is 0 Å². The molecule has 0 nitrogen and oxygen atoms in total. The predicted molar refractivity (Wildman–Crippen MR) is 83.8 cm³/mol. The van der Waals surface area contributed by atoms with Crippen molar-refractivity contribution >= 4 is 0 Å². The average Bonchev–Trinajstić information content (AvgIpc) is 2.46. The molecule has 0 spiro atoms. The van der Waals surface area contributed by atoms with E-state index in [0.29, 0.717) is 11.1 Å². The van der Waals surface area contributed by atoms with Crippen LogP contribution in [0.1, 0.15) is 39.7 Å². The van der Waals surface area contributed by atoms with E-state index in [0.717, 1.165) is 11.6 Å². The SMILES string of the molecule is CC.CCC.Cc1ccc(-c2cccc(F)c2F)cc1. The molecule has 0 unspecified atom stereocenters. The summed E-state index contributed by atoms with van der Waals surface area (Å²) in [6.45, 7) is 10.2. The van der Waals surface area contributed by atoms with Crippen LogP contribution in [-0.2, 0) is 0 Å². The maximum Gasteiger partial charge on any atom is 0.166 e. The van der Waals surface area contributed by atoms with Crippen LogP contribution in [0.15, 0.2) is 42.5 Å². The highest BCUT2D eigenvalue weighted by Gasteiger charge is 2.08. The van der Waals surface area contributed by atoms with Crippen molar-refractivity contribution in [3.05, 3.63) is 59.7 Å². The van der Waals surface area contributed by atoms with Crippen molar-refractivity contribution in [3.8, 4) is 11.1 Å². The van der Waals surface area contributed by atoms with E-state index in [-0.39, 0.29) is 0 Å². The second-order valence-electron chi connectivity index (χ2n) is 4.17. The second-order valence-corrected chi connectivity index (χ2v) is 4.17. The Bertz CT molecular complexity index is 487.